The predicted octanol–water partition coefficient (Wildman–Crippen LogP) is 5.09. The lowest BCUT2D eigenvalue weighted by Crippen LogP contribution is -2.13. The molecule has 0 fully saturated rings. The molecule has 0 aliphatic rings. The maximum atomic E-state index is 12.2. The Balaban J connectivity index is 2.28. The monoisotopic (exact) mass is 357 g/mol. The van der Waals surface area contributed by atoms with Crippen molar-refractivity contribution in [3.05, 3.63) is 63.1 Å². The fourth-order valence-electron chi connectivity index (χ4n) is 1.62. The fourth-order valence-corrected chi connectivity index (χ4v) is 2.45. The molecule has 0 radical (unpaired) electrons. The van der Waals surface area contributed by atoms with Crippen molar-refractivity contribution < 1.29 is 4.79 Å². The zero-order chi connectivity index (χ0) is 13.8. The number of alkyl halides is 1. The molecule has 5 heteroatoms. The van der Waals surface area contributed by atoms with Crippen LogP contribution < -0.4 is 5.32 Å². The topological polar surface area (TPSA) is 29.1 Å². The molecule has 0 aromatic heterocycles. The lowest BCUT2D eigenvalue weighted by Gasteiger charge is -2.10. The van der Waals surface area contributed by atoms with Crippen molar-refractivity contribution in [2.45, 2.75) is 5.88 Å². The molecule has 0 saturated carbocycles. The van der Waals surface area contributed by atoms with Crippen molar-refractivity contribution in [2.24, 2.45) is 0 Å². The van der Waals surface area contributed by atoms with Gasteiger partial charge in [0.1, 0.15) is 0 Å². The highest BCUT2D eigenvalue weighted by Crippen LogP contribution is 2.23. The number of halogens is 3. The number of benzene rings is 2. The molecule has 0 bridgehead atoms. The third-order valence-electron chi connectivity index (χ3n) is 2.58. The molecule has 1 amide bonds. The van der Waals surface area contributed by atoms with Crippen molar-refractivity contribution in [2.75, 3.05) is 5.32 Å². The lowest BCUT2D eigenvalue weighted by molar-refractivity contribution is 0.102. The first kappa shape index (κ1) is 14.4. The Morgan fingerprint density at radius 3 is 2.68 bits per heavy atom. The molecule has 0 atom stereocenters. The molecule has 0 heterocycles. The highest BCUT2D eigenvalue weighted by Gasteiger charge is 2.12. The number of rotatable bonds is 3. The van der Waals surface area contributed by atoms with Crippen molar-refractivity contribution >= 4 is 50.7 Å². The van der Waals surface area contributed by atoms with E-state index in [9.17, 15) is 4.79 Å². The zero-order valence-corrected chi connectivity index (χ0v) is 12.9. The number of nitrogens with one attached hydrogen (secondary N) is 1. The zero-order valence-electron chi connectivity index (χ0n) is 9.79. The van der Waals surface area contributed by atoms with Gasteiger partial charge in [-0.15, -0.1) is 11.6 Å². The van der Waals surface area contributed by atoms with Crippen LogP contribution in [0, 0.1) is 0 Å². The van der Waals surface area contributed by atoms with E-state index < -0.39 is 0 Å². The maximum absolute atomic E-state index is 12.2. The first-order chi connectivity index (χ1) is 9.11. The normalized spacial score (nSPS) is 10.3. The summed E-state index contributed by atoms with van der Waals surface area (Å²) in [5, 5.41) is 3.35. The van der Waals surface area contributed by atoms with Crippen molar-refractivity contribution in [3.8, 4) is 0 Å². The second-order valence-electron chi connectivity index (χ2n) is 3.87. The predicted molar refractivity (Wildman–Crippen MR) is 83.1 cm³/mol. The molecule has 0 saturated heterocycles. The van der Waals surface area contributed by atoms with Gasteiger partial charge in [0.15, 0.2) is 0 Å². The molecule has 2 nitrogen and oxygen atoms in total. The van der Waals surface area contributed by atoms with Gasteiger partial charge in [0.2, 0.25) is 0 Å². The maximum Gasteiger partial charge on any atom is 0.256 e. The summed E-state index contributed by atoms with van der Waals surface area (Å²) in [6.07, 6.45) is 0. The molecule has 1 N–H and O–H groups in total. The molecule has 2 rings (SSSR count). The quantitative estimate of drug-likeness (QED) is 0.760. The van der Waals surface area contributed by atoms with Crippen molar-refractivity contribution in [1.82, 2.24) is 0 Å². The van der Waals surface area contributed by atoms with E-state index in [1.165, 1.54) is 0 Å². The number of hydrogen-bond donors (Lipinski definition) is 1. The molecule has 0 spiro atoms. The summed E-state index contributed by atoms with van der Waals surface area (Å²) in [6, 6.07) is 12.5. The largest absolute Gasteiger partial charge is 0.322 e. The van der Waals surface area contributed by atoms with Crippen LogP contribution in [0.15, 0.2) is 46.9 Å². The SMILES string of the molecule is O=C(Nc1ccccc1CCl)c1cc(Cl)ccc1Br. The van der Waals surface area contributed by atoms with Crippen molar-refractivity contribution in [3.63, 3.8) is 0 Å². The first-order valence-electron chi connectivity index (χ1n) is 5.52. The standard InChI is InChI=1S/C14H10BrCl2NO/c15-12-6-5-10(17)7-11(12)14(19)18-13-4-2-1-3-9(13)8-16/h1-7H,8H2,(H,18,19). The van der Waals surface area contributed by atoms with E-state index in [0.29, 0.717) is 26.6 Å². The molecule has 0 aliphatic carbocycles. The highest BCUT2D eigenvalue weighted by atomic mass is 79.9. The Morgan fingerprint density at radius 2 is 1.95 bits per heavy atom. The minimum absolute atomic E-state index is 0.230. The van der Waals surface area contributed by atoms with Crippen LogP contribution in [0.5, 0.6) is 0 Å². The first-order valence-corrected chi connectivity index (χ1v) is 7.22. The van der Waals surface area contributed by atoms with Gasteiger partial charge in [-0.05, 0) is 45.8 Å². The smallest absolute Gasteiger partial charge is 0.256 e. The third-order valence-corrected chi connectivity index (χ3v) is 3.80. The third kappa shape index (κ3) is 3.50. The van der Waals surface area contributed by atoms with Gasteiger partial charge in [-0.3, -0.25) is 4.79 Å². The van der Waals surface area contributed by atoms with E-state index in [-0.39, 0.29) is 5.91 Å². The van der Waals surface area contributed by atoms with Crippen LogP contribution in [-0.2, 0) is 5.88 Å². The van der Waals surface area contributed by atoms with Crippen LogP contribution in [0.2, 0.25) is 5.02 Å². The number of hydrogen-bond acceptors (Lipinski definition) is 1. The summed E-state index contributed by atoms with van der Waals surface area (Å²) >= 11 is 15.1. The van der Waals surface area contributed by atoms with Crippen LogP contribution >= 0.6 is 39.1 Å². The van der Waals surface area contributed by atoms with Gasteiger partial charge >= 0.3 is 0 Å². The molecule has 2 aromatic carbocycles. The van der Waals surface area contributed by atoms with E-state index in [1.54, 1.807) is 18.2 Å². The van der Waals surface area contributed by atoms with E-state index >= 15 is 0 Å². The van der Waals surface area contributed by atoms with Gasteiger partial charge in [-0.25, -0.2) is 0 Å². The lowest BCUT2D eigenvalue weighted by atomic mass is 10.1. The van der Waals surface area contributed by atoms with E-state index in [4.69, 9.17) is 23.2 Å². The summed E-state index contributed by atoms with van der Waals surface area (Å²) < 4.78 is 0.692. The van der Waals surface area contributed by atoms with Gasteiger partial charge in [0.05, 0.1) is 5.56 Å². The van der Waals surface area contributed by atoms with Crippen LogP contribution in [0.1, 0.15) is 15.9 Å². The van der Waals surface area contributed by atoms with Gasteiger partial charge in [0.25, 0.3) is 5.91 Å². The summed E-state index contributed by atoms with van der Waals surface area (Å²) in [5.41, 5.74) is 2.06. The Morgan fingerprint density at radius 1 is 1.21 bits per heavy atom. The van der Waals surface area contributed by atoms with Crippen LogP contribution in [0.4, 0.5) is 5.69 Å². The van der Waals surface area contributed by atoms with E-state index in [0.717, 1.165) is 5.56 Å². The van der Waals surface area contributed by atoms with Gasteiger partial charge in [-0.1, -0.05) is 29.8 Å². The van der Waals surface area contributed by atoms with E-state index in [2.05, 4.69) is 21.2 Å². The Bertz CT molecular complexity index is 616. The molecular weight excluding hydrogens is 349 g/mol. The average Bonchev–Trinajstić information content (AvgIpc) is 2.42. The molecule has 0 unspecified atom stereocenters. The second-order valence-corrected chi connectivity index (χ2v) is 5.43. The number of amides is 1. The minimum atomic E-state index is -0.230. The number of para-hydroxylation sites is 1. The average molecular weight is 359 g/mol. The Labute approximate surface area is 129 Å². The van der Waals surface area contributed by atoms with Crippen molar-refractivity contribution in [1.29, 1.82) is 0 Å². The summed E-state index contributed by atoms with van der Waals surface area (Å²) in [5.74, 6) is 0.111. The van der Waals surface area contributed by atoms with Gasteiger partial charge < -0.3 is 5.32 Å². The number of anilines is 1. The summed E-state index contributed by atoms with van der Waals surface area (Å²) in [7, 11) is 0. The molecule has 0 aliphatic heterocycles. The summed E-state index contributed by atoms with van der Waals surface area (Å²) in [6.45, 7) is 0. The highest BCUT2D eigenvalue weighted by molar-refractivity contribution is 9.10. The minimum Gasteiger partial charge on any atom is -0.322 e. The Kier molecular flexibility index (Phi) is 4.86. The van der Waals surface area contributed by atoms with Crippen LogP contribution in [0.3, 0.4) is 0 Å². The van der Waals surface area contributed by atoms with Gasteiger partial charge in [0, 0.05) is 21.1 Å². The second kappa shape index (κ2) is 6.42. The van der Waals surface area contributed by atoms with E-state index in [1.807, 2.05) is 24.3 Å². The fraction of sp³-hybridized carbons (Fsp3) is 0.0714. The molecule has 98 valence electrons. The van der Waals surface area contributed by atoms with Crippen LogP contribution in [-0.4, -0.2) is 5.91 Å². The molecule has 19 heavy (non-hydrogen) atoms. The van der Waals surface area contributed by atoms with Crippen LogP contribution in [0.25, 0.3) is 0 Å². The molecular formula is C14H10BrCl2NO. The number of carbonyl (C=O) groups excluding carboxylic acids is 1. The molecule has 2 aromatic rings. The van der Waals surface area contributed by atoms with Gasteiger partial charge in [-0.2, -0.15) is 0 Å². The Hall–Kier alpha value is -1.03. The number of carbonyl (C=O) groups is 1. The summed E-state index contributed by atoms with van der Waals surface area (Å²) in [4.78, 5) is 12.2.